The predicted octanol–water partition coefficient (Wildman–Crippen LogP) is 0.452. The Hall–Kier alpha value is -1.36. The number of aromatic nitrogens is 2. The fourth-order valence-corrected chi connectivity index (χ4v) is 3.77. The molecule has 2 saturated carbocycles. The Bertz CT molecular complexity index is 468. The van der Waals surface area contributed by atoms with E-state index in [0.29, 0.717) is 18.4 Å². The van der Waals surface area contributed by atoms with E-state index in [1.165, 1.54) is 12.8 Å². The second kappa shape index (κ2) is 4.96. The Morgan fingerprint density at radius 2 is 2.32 bits per heavy atom. The number of fused-ring (bicyclic) bond motifs is 2. The lowest BCUT2D eigenvalue weighted by molar-refractivity contribution is -0.127. The average molecular weight is 262 g/mol. The maximum atomic E-state index is 12.2. The fraction of sp³-hybridized carbons (Fsp3) is 0.714. The first kappa shape index (κ1) is 12.7. The quantitative estimate of drug-likeness (QED) is 0.827. The summed E-state index contributed by atoms with van der Waals surface area (Å²) in [5, 5.41) is 7.16. The first-order valence-electron chi connectivity index (χ1n) is 7.16. The first-order chi connectivity index (χ1) is 9.15. The molecule has 1 amide bonds. The standard InChI is InChI=1S/C14H22N4O/c1-18-8-9(7-17-18)4-5-16-14(19)12-10-2-3-11(6-10)13(12)15/h7-8,10-13H,2-6,15H2,1H3,(H,16,19). The van der Waals surface area contributed by atoms with Crippen LogP contribution in [0.3, 0.4) is 0 Å². The zero-order chi connectivity index (χ0) is 13.4. The highest BCUT2D eigenvalue weighted by atomic mass is 16.1. The predicted molar refractivity (Wildman–Crippen MR) is 72.2 cm³/mol. The van der Waals surface area contributed by atoms with Crippen LogP contribution in [0.25, 0.3) is 0 Å². The van der Waals surface area contributed by atoms with Crippen LogP contribution in [0.2, 0.25) is 0 Å². The number of aryl methyl sites for hydroxylation is 1. The van der Waals surface area contributed by atoms with Gasteiger partial charge in [-0.1, -0.05) is 0 Å². The van der Waals surface area contributed by atoms with E-state index in [2.05, 4.69) is 10.4 Å². The molecular weight excluding hydrogens is 240 g/mol. The minimum absolute atomic E-state index is 0.0487. The van der Waals surface area contributed by atoms with Gasteiger partial charge >= 0.3 is 0 Å². The zero-order valence-electron chi connectivity index (χ0n) is 11.4. The number of nitrogens with zero attached hydrogens (tertiary/aromatic N) is 2. The Balaban J connectivity index is 1.49. The van der Waals surface area contributed by atoms with E-state index in [4.69, 9.17) is 5.73 Å². The third-order valence-corrected chi connectivity index (χ3v) is 4.75. The molecule has 0 spiro atoms. The number of rotatable bonds is 4. The minimum atomic E-state index is 0.0487. The molecule has 2 aliphatic carbocycles. The largest absolute Gasteiger partial charge is 0.355 e. The average Bonchev–Trinajstić information content (AvgIpc) is 3.05. The molecule has 2 bridgehead atoms. The summed E-state index contributed by atoms with van der Waals surface area (Å²) in [5.41, 5.74) is 7.33. The number of carbonyl (C=O) groups excluding carboxylic acids is 1. The Kier molecular flexibility index (Phi) is 3.31. The summed E-state index contributed by atoms with van der Waals surface area (Å²) in [7, 11) is 1.90. The molecule has 4 atom stereocenters. The van der Waals surface area contributed by atoms with Crippen LogP contribution >= 0.6 is 0 Å². The topological polar surface area (TPSA) is 72.9 Å². The molecule has 3 N–H and O–H groups in total. The van der Waals surface area contributed by atoms with E-state index in [1.54, 1.807) is 4.68 Å². The van der Waals surface area contributed by atoms with Gasteiger partial charge < -0.3 is 11.1 Å². The van der Waals surface area contributed by atoms with Crippen LogP contribution in [-0.4, -0.2) is 28.3 Å². The minimum Gasteiger partial charge on any atom is -0.355 e. The van der Waals surface area contributed by atoms with Gasteiger partial charge in [-0.05, 0) is 43.1 Å². The highest BCUT2D eigenvalue weighted by molar-refractivity contribution is 5.80. The van der Waals surface area contributed by atoms with Crippen molar-refractivity contribution in [2.24, 2.45) is 30.5 Å². The van der Waals surface area contributed by atoms with E-state index in [9.17, 15) is 4.79 Å². The maximum absolute atomic E-state index is 12.2. The van der Waals surface area contributed by atoms with Crippen LogP contribution in [-0.2, 0) is 18.3 Å². The highest BCUT2D eigenvalue weighted by Gasteiger charge is 2.48. The summed E-state index contributed by atoms with van der Waals surface area (Å²) < 4.78 is 1.78. The molecule has 2 fully saturated rings. The number of carbonyl (C=O) groups is 1. The summed E-state index contributed by atoms with van der Waals surface area (Å²) >= 11 is 0. The summed E-state index contributed by atoms with van der Waals surface area (Å²) in [5.74, 6) is 1.31. The number of nitrogens with one attached hydrogen (secondary N) is 1. The van der Waals surface area contributed by atoms with E-state index >= 15 is 0 Å². The van der Waals surface area contributed by atoms with Crippen LogP contribution in [0, 0.1) is 17.8 Å². The van der Waals surface area contributed by atoms with Gasteiger partial charge in [-0.3, -0.25) is 9.48 Å². The summed E-state index contributed by atoms with van der Waals surface area (Å²) in [6.45, 7) is 0.672. The van der Waals surface area contributed by atoms with Crippen LogP contribution < -0.4 is 11.1 Å². The van der Waals surface area contributed by atoms with E-state index in [0.717, 1.165) is 18.4 Å². The van der Waals surface area contributed by atoms with Crippen molar-refractivity contribution in [1.29, 1.82) is 0 Å². The van der Waals surface area contributed by atoms with Crippen molar-refractivity contribution in [3.8, 4) is 0 Å². The van der Waals surface area contributed by atoms with Crippen molar-refractivity contribution in [3.05, 3.63) is 18.0 Å². The molecule has 0 saturated heterocycles. The highest BCUT2D eigenvalue weighted by Crippen LogP contribution is 2.47. The molecule has 1 aromatic heterocycles. The van der Waals surface area contributed by atoms with Gasteiger partial charge in [-0.2, -0.15) is 5.10 Å². The van der Waals surface area contributed by atoms with E-state index in [1.807, 2.05) is 19.4 Å². The van der Waals surface area contributed by atoms with Crippen LogP contribution in [0.15, 0.2) is 12.4 Å². The molecule has 5 nitrogen and oxygen atoms in total. The third kappa shape index (κ3) is 2.39. The summed E-state index contributed by atoms with van der Waals surface area (Å²) in [6.07, 6.45) is 8.20. The molecule has 0 aliphatic heterocycles. The monoisotopic (exact) mass is 262 g/mol. The molecule has 0 aromatic carbocycles. The lowest BCUT2D eigenvalue weighted by atomic mass is 9.84. The second-order valence-electron chi connectivity index (χ2n) is 6.00. The summed E-state index contributed by atoms with van der Waals surface area (Å²) in [4.78, 5) is 12.2. The number of hydrogen-bond acceptors (Lipinski definition) is 3. The van der Waals surface area contributed by atoms with Gasteiger partial charge in [0.05, 0.1) is 12.1 Å². The Morgan fingerprint density at radius 1 is 1.53 bits per heavy atom. The van der Waals surface area contributed by atoms with E-state index in [-0.39, 0.29) is 17.9 Å². The van der Waals surface area contributed by atoms with Crippen LogP contribution in [0.5, 0.6) is 0 Å². The molecule has 3 rings (SSSR count). The normalized spacial score (nSPS) is 32.7. The van der Waals surface area contributed by atoms with Crippen LogP contribution in [0.1, 0.15) is 24.8 Å². The van der Waals surface area contributed by atoms with Crippen molar-refractivity contribution in [3.63, 3.8) is 0 Å². The van der Waals surface area contributed by atoms with Crippen molar-refractivity contribution < 1.29 is 4.79 Å². The molecule has 0 radical (unpaired) electrons. The molecular formula is C14H22N4O. The molecule has 2 aliphatic rings. The zero-order valence-corrected chi connectivity index (χ0v) is 11.4. The second-order valence-corrected chi connectivity index (χ2v) is 6.00. The molecule has 4 unspecified atom stereocenters. The number of nitrogens with two attached hydrogens (primary N) is 1. The third-order valence-electron chi connectivity index (χ3n) is 4.75. The first-order valence-corrected chi connectivity index (χ1v) is 7.16. The fourth-order valence-electron chi connectivity index (χ4n) is 3.77. The molecule has 19 heavy (non-hydrogen) atoms. The maximum Gasteiger partial charge on any atom is 0.224 e. The number of hydrogen-bond donors (Lipinski definition) is 2. The van der Waals surface area contributed by atoms with Gasteiger partial charge in [-0.25, -0.2) is 0 Å². The Labute approximate surface area is 113 Å². The smallest absolute Gasteiger partial charge is 0.224 e. The van der Waals surface area contributed by atoms with Gasteiger partial charge in [0, 0.05) is 25.8 Å². The summed E-state index contributed by atoms with van der Waals surface area (Å²) in [6, 6.07) is 0.0807. The van der Waals surface area contributed by atoms with Crippen LogP contribution in [0.4, 0.5) is 0 Å². The van der Waals surface area contributed by atoms with Crippen molar-refractivity contribution in [2.75, 3.05) is 6.54 Å². The van der Waals surface area contributed by atoms with Crippen molar-refractivity contribution in [2.45, 2.75) is 31.7 Å². The van der Waals surface area contributed by atoms with Crippen molar-refractivity contribution in [1.82, 2.24) is 15.1 Å². The van der Waals surface area contributed by atoms with Gasteiger partial charge in [0.1, 0.15) is 0 Å². The SMILES string of the molecule is Cn1cc(CCNC(=O)C2C3CCC(C3)C2N)cn1. The lowest BCUT2D eigenvalue weighted by Crippen LogP contribution is -2.45. The Morgan fingerprint density at radius 3 is 2.95 bits per heavy atom. The van der Waals surface area contributed by atoms with Crippen molar-refractivity contribution >= 4 is 5.91 Å². The number of amides is 1. The van der Waals surface area contributed by atoms with Gasteiger partial charge in [0.15, 0.2) is 0 Å². The molecule has 104 valence electrons. The van der Waals surface area contributed by atoms with E-state index < -0.39 is 0 Å². The van der Waals surface area contributed by atoms with Gasteiger partial charge in [0.25, 0.3) is 0 Å². The molecule has 5 heteroatoms. The molecule has 1 aromatic rings. The van der Waals surface area contributed by atoms with Gasteiger partial charge in [-0.15, -0.1) is 0 Å². The molecule has 1 heterocycles. The lowest BCUT2D eigenvalue weighted by Gasteiger charge is -2.26. The van der Waals surface area contributed by atoms with Gasteiger partial charge in [0.2, 0.25) is 5.91 Å².